The van der Waals surface area contributed by atoms with Gasteiger partial charge in [-0.1, -0.05) is 36.4 Å². The van der Waals surface area contributed by atoms with Crippen LogP contribution in [-0.4, -0.2) is 22.9 Å². The van der Waals surface area contributed by atoms with E-state index in [4.69, 9.17) is 4.74 Å². The summed E-state index contributed by atoms with van der Waals surface area (Å²) in [7, 11) is 1.43. The smallest absolute Gasteiger partial charge is 0.311 e. The summed E-state index contributed by atoms with van der Waals surface area (Å²) in [5.74, 6) is -0.604. The molecule has 0 aliphatic rings. The van der Waals surface area contributed by atoms with E-state index in [1.807, 2.05) is 44.2 Å². The fourth-order valence-corrected chi connectivity index (χ4v) is 4.10. The molecule has 0 spiro atoms. The van der Waals surface area contributed by atoms with Gasteiger partial charge in [-0.15, -0.1) is 0 Å². The number of aromatic nitrogens is 2. The molecular formula is C26H25FN2O2. The molecule has 1 heterocycles. The van der Waals surface area contributed by atoms with Crippen LogP contribution in [0.2, 0.25) is 0 Å². The highest BCUT2D eigenvalue weighted by Gasteiger charge is 2.39. The number of nitrogens with zero attached hydrogens (tertiary/aromatic N) is 2. The van der Waals surface area contributed by atoms with Gasteiger partial charge in [-0.25, -0.2) is 9.07 Å². The summed E-state index contributed by atoms with van der Waals surface area (Å²) in [5, 5.41) is 5.45. The van der Waals surface area contributed by atoms with Crippen LogP contribution in [-0.2, 0) is 16.0 Å². The summed E-state index contributed by atoms with van der Waals surface area (Å²) >= 11 is 0. The molecule has 4 nitrogen and oxygen atoms in total. The van der Waals surface area contributed by atoms with Crippen molar-refractivity contribution in [1.82, 2.24) is 9.78 Å². The van der Waals surface area contributed by atoms with E-state index in [9.17, 15) is 9.18 Å². The zero-order valence-corrected chi connectivity index (χ0v) is 17.9. The number of fused-ring (bicyclic) bond motifs is 1. The summed E-state index contributed by atoms with van der Waals surface area (Å²) in [6, 6.07) is 22.5. The Kier molecular flexibility index (Phi) is 5.59. The fourth-order valence-electron chi connectivity index (χ4n) is 4.10. The van der Waals surface area contributed by atoms with Crippen molar-refractivity contribution >= 4 is 16.9 Å². The number of benzene rings is 3. The van der Waals surface area contributed by atoms with Crippen LogP contribution in [0.15, 0.2) is 79.0 Å². The Balaban J connectivity index is 1.76. The van der Waals surface area contributed by atoms with Gasteiger partial charge in [-0.3, -0.25) is 4.79 Å². The van der Waals surface area contributed by atoms with E-state index >= 15 is 0 Å². The number of carbonyl (C=O) groups excluding carboxylic acids is 1. The Hall–Kier alpha value is -3.47. The van der Waals surface area contributed by atoms with E-state index in [0.29, 0.717) is 6.42 Å². The summed E-state index contributed by atoms with van der Waals surface area (Å²) < 4.78 is 20.2. The second-order valence-electron chi connectivity index (χ2n) is 8.31. The standard InChI is InChI=1S/C26H25FN2O2/c1-26(2,25(30)31-3)23(15-18-7-5-4-6-8-18)19-9-14-24-20(16-19)17-28-29(24)22-12-10-21(27)11-13-22/h4-14,16-17,23H,15H2,1-3H3. The van der Waals surface area contributed by atoms with Crippen molar-refractivity contribution in [3.8, 4) is 5.69 Å². The maximum absolute atomic E-state index is 13.3. The van der Waals surface area contributed by atoms with E-state index < -0.39 is 5.41 Å². The van der Waals surface area contributed by atoms with Gasteiger partial charge in [0.2, 0.25) is 0 Å². The highest BCUT2D eigenvalue weighted by molar-refractivity contribution is 5.82. The minimum atomic E-state index is -0.717. The van der Waals surface area contributed by atoms with Crippen molar-refractivity contribution in [1.29, 1.82) is 0 Å². The zero-order valence-electron chi connectivity index (χ0n) is 17.9. The van der Waals surface area contributed by atoms with Crippen LogP contribution in [0.4, 0.5) is 4.39 Å². The molecule has 158 valence electrons. The third kappa shape index (κ3) is 4.08. The van der Waals surface area contributed by atoms with Gasteiger partial charge in [0.1, 0.15) is 5.82 Å². The SMILES string of the molecule is COC(=O)C(C)(C)C(Cc1ccccc1)c1ccc2c(cnn2-c2ccc(F)cc2)c1. The maximum atomic E-state index is 13.3. The highest BCUT2D eigenvalue weighted by Crippen LogP contribution is 2.40. The maximum Gasteiger partial charge on any atom is 0.311 e. The summed E-state index contributed by atoms with van der Waals surface area (Å²) in [6.07, 6.45) is 2.51. The van der Waals surface area contributed by atoms with Crippen molar-refractivity contribution in [3.63, 3.8) is 0 Å². The van der Waals surface area contributed by atoms with Gasteiger partial charge < -0.3 is 4.74 Å². The molecule has 0 aliphatic carbocycles. The van der Waals surface area contributed by atoms with Crippen LogP contribution in [0.25, 0.3) is 16.6 Å². The minimum absolute atomic E-state index is 0.0825. The molecule has 0 saturated carbocycles. The first kappa shape index (κ1) is 20.8. The monoisotopic (exact) mass is 416 g/mol. The van der Waals surface area contributed by atoms with E-state index in [-0.39, 0.29) is 17.7 Å². The molecule has 0 aliphatic heterocycles. The number of carbonyl (C=O) groups is 1. The quantitative estimate of drug-likeness (QED) is 0.379. The third-order valence-corrected chi connectivity index (χ3v) is 5.93. The lowest BCUT2D eigenvalue weighted by Gasteiger charge is -2.32. The molecule has 31 heavy (non-hydrogen) atoms. The van der Waals surface area contributed by atoms with Crippen LogP contribution >= 0.6 is 0 Å². The van der Waals surface area contributed by atoms with E-state index in [1.165, 1.54) is 19.2 Å². The van der Waals surface area contributed by atoms with E-state index in [0.717, 1.165) is 27.7 Å². The molecule has 3 aromatic carbocycles. The Morgan fingerprint density at radius 1 is 1.06 bits per heavy atom. The molecule has 1 atom stereocenters. The predicted octanol–water partition coefficient (Wildman–Crippen LogP) is 5.69. The Morgan fingerprint density at radius 2 is 1.77 bits per heavy atom. The molecule has 0 bridgehead atoms. The van der Waals surface area contributed by atoms with Gasteiger partial charge in [-0.2, -0.15) is 5.10 Å². The van der Waals surface area contributed by atoms with Gasteiger partial charge >= 0.3 is 5.97 Å². The van der Waals surface area contributed by atoms with Crippen LogP contribution in [0.1, 0.15) is 30.9 Å². The van der Waals surface area contributed by atoms with Crippen LogP contribution < -0.4 is 0 Å². The average Bonchev–Trinajstić information content (AvgIpc) is 3.21. The first-order valence-electron chi connectivity index (χ1n) is 10.3. The number of hydrogen-bond donors (Lipinski definition) is 0. The topological polar surface area (TPSA) is 44.1 Å². The number of ether oxygens (including phenoxy) is 1. The van der Waals surface area contributed by atoms with Gasteiger partial charge in [0.05, 0.1) is 29.9 Å². The molecule has 0 N–H and O–H groups in total. The van der Waals surface area contributed by atoms with Gasteiger partial charge in [-0.05, 0) is 67.8 Å². The Labute approximate surface area is 181 Å². The molecule has 4 rings (SSSR count). The van der Waals surface area contributed by atoms with Gasteiger partial charge in [0, 0.05) is 11.3 Å². The number of methoxy groups -OCH3 is 1. The Bertz CT molecular complexity index is 1200. The Morgan fingerprint density at radius 3 is 2.45 bits per heavy atom. The van der Waals surface area contributed by atoms with E-state index in [1.54, 1.807) is 23.0 Å². The fraction of sp³-hybridized carbons (Fsp3) is 0.231. The summed E-state index contributed by atoms with van der Waals surface area (Å²) in [6.45, 7) is 3.86. The molecule has 0 amide bonds. The number of halogens is 1. The van der Waals surface area contributed by atoms with Crippen molar-refractivity contribution in [3.05, 3.63) is 95.9 Å². The zero-order chi connectivity index (χ0) is 22.0. The largest absolute Gasteiger partial charge is 0.469 e. The van der Waals surface area contributed by atoms with Gasteiger partial charge in [0.15, 0.2) is 0 Å². The first-order chi connectivity index (χ1) is 14.9. The third-order valence-electron chi connectivity index (χ3n) is 5.93. The molecule has 0 saturated heterocycles. The van der Waals surface area contributed by atoms with E-state index in [2.05, 4.69) is 23.3 Å². The van der Waals surface area contributed by atoms with Crippen LogP contribution in [0.5, 0.6) is 0 Å². The molecule has 0 radical (unpaired) electrons. The number of rotatable bonds is 6. The molecule has 1 aromatic heterocycles. The van der Waals surface area contributed by atoms with Crippen molar-refractivity contribution in [2.75, 3.05) is 7.11 Å². The van der Waals surface area contributed by atoms with Crippen molar-refractivity contribution in [2.24, 2.45) is 5.41 Å². The second-order valence-corrected chi connectivity index (χ2v) is 8.31. The highest BCUT2D eigenvalue weighted by atomic mass is 19.1. The minimum Gasteiger partial charge on any atom is -0.469 e. The molecular weight excluding hydrogens is 391 g/mol. The normalized spacial score (nSPS) is 12.6. The van der Waals surface area contributed by atoms with Crippen LogP contribution in [0, 0.1) is 11.2 Å². The lowest BCUT2D eigenvalue weighted by atomic mass is 9.72. The van der Waals surface area contributed by atoms with Gasteiger partial charge in [0.25, 0.3) is 0 Å². The predicted molar refractivity (Wildman–Crippen MR) is 120 cm³/mol. The summed E-state index contributed by atoms with van der Waals surface area (Å²) in [5.41, 5.74) is 3.20. The van der Waals surface area contributed by atoms with Crippen molar-refractivity contribution in [2.45, 2.75) is 26.2 Å². The number of esters is 1. The summed E-state index contributed by atoms with van der Waals surface area (Å²) in [4.78, 5) is 12.6. The average molecular weight is 416 g/mol. The molecule has 4 aromatic rings. The molecule has 5 heteroatoms. The number of hydrogen-bond acceptors (Lipinski definition) is 3. The van der Waals surface area contributed by atoms with Crippen LogP contribution in [0.3, 0.4) is 0 Å². The second kappa shape index (κ2) is 8.34. The first-order valence-corrected chi connectivity index (χ1v) is 10.3. The lowest BCUT2D eigenvalue weighted by Crippen LogP contribution is -2.34. The lowest BCUT2D eigenvalue weighted by molar-refractivity contribution is -0.152. The van der Waals surface area contributed by atoms with Crippen molar-refractivity contribution < 1.29 is 13.9 Å². The molecule has 0 fully saturated rings. The molecule has 1 unspecified atom stereocenters.